The second-order valence-electron chi connectivity index (χ2n) is 9.30. The van der Waals surface area contributed by atoms with E-state index >= 15 is 0 Å². The number of aliphatic hydroxyl groups is 1. The molecule has 0 saturated carbocycles. The number of fused-ring (bicyclic) bond motifs is 1. The third-order valence-electron chi connectivity index (χ3n) is 6.52. The summed E-state index contributed by atoms with van der Waals surface area (Å²) in [7, 11) is 3.47. The molecule has 2 aromatic rings. The number of hydrazine groups is 1. The van der Waals surface area contributed by atoms with Crippen molar-refractivity contribution in [3.05, 3.63) is 83.6 Å². The van der Waals surface area contributed by atoms with E-state index < -0.39 is 0 Å². The number of carbonyl (C=O) groups excluding carboxylic acids is 2. The fraction of sp³-hybridized carbons (Fsp3) is 0.296. The van der Waals surface area contributed by atoms with Gasteiger partial charge >= 0.3 is 0 Å². The van der Waals surface area contributed by atoms with Crippen molar-refractivity contribution in [2.24, 2.45) is 4.99 Å². The van der Waals surface area contributed by atoms with Gasteiger partial charge < -0.3 is 20.2 Å². The maximum Gasteiger partial charge on any atom is 0.253 e. The molecule has 36 heavy (non-hydrogen) atoms. The van der Waals surface area contributed by atoms with Crippen molar-refractivity contribution in [3.63, 3.8) is 0 Å². The molecular formula is C27H30N6O3. The molecule has 5 rings (SSSR count). The predicted octanol–water partition coefficient (Wildman–Crippen LogP) is 2.51. The molecule has 3 aliphatic rings. The average Bonchev–Trinajstić information content (AvgIpc) is 3.31. The third-order valence-corrected chi connectivity index (χ3v) is 6.52. The molecule has 1 unspecified atom stereocenters. The number of amides is 2. The molecule has 0 aromatic heterocycles. The summed E-state index contributed by atoms with van der Waals surface area (Å²) in [6.45, 7) is 1.16. The molecule has 3 aliphatic heterocycles. The maximum atomic E-state index is 12.7. The zero-order valence-electron chi connectivity index (χ0n) is 20.4. The van der Waals surface area contributed by atoms with E-state index in [2.05, 4.69) is 10.7 Å². The summed E-state index contributed by atoms with van der Waals surface area (Å²) >= 11 is 0. The Morgan fingerprint density at radius 2 is 1.69 bits per heavy atom. The third kappa shape index (κ3) is 4.89. The lowest BCUT2D eigenvalue weighted by atomic mass is 10.0. The second-order valence-corrected chi connectivity index (χ2v) is 9.30. The fourth-order valence-electron chi connectivity index (χ4n) is 4.48. The largest absolute Gasteiger partial charge is 0.393 e. The number of nitrogens with zero attached hydrogens (tertiary/aromatic N) is 4. The lowest BCUT2D eigenvalue weighted by molar-refractivity contribution is 0.0546. The van der Waals surface area contributed by atoms with Crippen molar-refractivity contribution >= 4 is 28.9 Å². The van der Waals surface area contributed by atoms with Gasteiger partial charge in [-0.2, -0.15) is 5.43 Å². The Hall–Kier alpha value is -3.95. The van der Waals surface area contributed by atoms with Gasteiger partial charge in [-0.25, -0.2) is 4.99 Å². The molecule has 1 atom stereocenters. The highest BCUT2D eigenvalue weighted by molar-refractivity contribution is 6.24. The number of hydrogen-bond acceptors (Lipinski definition) is 7. The van der Waals surface area contributed by atoms with Gasteiger partial charge in [0.25, 0.3) is 11.8 Å². The van der Waals surface area contributed by atoms with Crippen LogP contribution in [-0.2, 0) is 0 Å². The van der Waals surface area contributed by atoms with Crippen LogP contribution in [0.5, 0.6) is 0 Å². The monoisotopic (exact) mass is 486 g/mol. The maximum absolute atomic E-state index is 12.7. The normalized spacial score (nSPS) is 19.5. The van der Waals surface area contributed by atoms with Crippen molar-refractivity contribution in [1.82, 2.24) is 20.2 Å². The van der Waals surface area contributed by atoms with Crippen molar-refractivity contribution in [2.75, 3.05) is 32.5 Å². The van der Waals surface area contributed by atoms with Crippen LogP contribution in [0.2, 0.25) is 0 Å². The minimum Gasteiger partial charge on any atom is -0.393 e. The Kier molecular flexibility index (Phi) is 6.58. The zero-order valence-corrected chi connectivity index (χ0v) is 20.4. The molecule has 0 bridgehead atoms. The number of anilines is 1. The molecule has 186 valence electrons. The Bertz CT molecular complexity index is 1230. The van der Waals surface area contributed by atoms with Crippen LogP contribution in [0.15, 0.2) is 71.9 Å². The number of aliphatic hydroxyl groups excluding tert-OH is 1. The summed E-state index contributed by atoms with van der Waals surface area (Å²) in [4.78, 5) is 33.1. The van der Waals surface area contributed by atoms with Gasteiger partial charge in [0.1, 0.15) is 0 Å². The van der Waals surface area contributed by atoms with Crippen LogP contribution in [0, 0.1) is 0 Å². The van der Waals surface area contributed by atoms with Gasteiger partial charge in [-0.3, -0.25) is 14.6 Å². The van der Waals surface area contributed by atoms with Gasteiger partial charge in [0.2, 0.25) is 0 Å². The highest BCUT2D eigenvalue weighted by atomic mass is 16.3. The molecular weight excluding hydrogens is 456 g/mol. The molecule has 1 saturated heterocycles. The van der Waals surface area contributed by atoms with Crippen molar-refractivity contribution in [2.45, 2.75) is 25.2 Å². The fourth-order valence-corrected chi connectivity index (χ4v) is 4.48. The minimum atomic E-state index is -0.383. The predicted molar refractivity (Wildman–Crippen MR) is 139 cm³/mol. The number of rotatable bonds is 5. The van der Waals surface area contributed by atoms with E-state index in [-0.39, 0.29) is 24.2 Å². The van der Waals surface area contributed by atoms with Crippen LogP contribution in [0.25, 0.3) is 5.57 Å². The van der Waals surface area contributed by atoms with E-state index in [0.29, 0.717) is 37.1 Å². The molecule has 0 aliphatic carbocycles. The molecule has 2 aromatic carbocycles. The van der Waals surface area contributed by atoms with Crippen molar-refractivity contribution in [1.29, 1.82) is 0 Å². The number of aliphatic imine (C=N–C) groups is 1. The van der Waals surface area contributed by atoms with Crippen molar-refractivity contribution < 1.29 is 14.7 Å². The molecule has 9 nitrogen and oxygen atoms in total. The quantitative estimate of drug-likeness (QED) is 0.601. The number of amidine groups is 1. The van der Waals surface area contributed by atoms with E-state index in [0.717, 1.165) is 22.7 Å². The minimum absolute atomic E-state index is 0.0111. The summed E-state index contributed by atoms with van der Waals surface area (Å²) in [5.41, 5.74) is 7.33. The number of hydrogen-bond donors (Lipinski definition) is 3. The zero-order chi connectivity index (χ0) is 25.2. The summed E-state index contributed by atoms with van der Waals surface area (Å²) in [5.74, 6) is 0.732. The number of nitrogens with one attached hydrogen (secondary N) is 2. The van der Waals surface area contributed by atoms with Gasteiger partial charge in [0.15, 0.2) is 12.1 Å². The number of piperidine rings is 1. The second kappa shape index (κ2) is 9.96. The highest BCUT2D eigenvalue weighted by Gasteiger charge is 2.28. The van der Waals surface area contributed by atoms with Gasteiger partial charge in [0.05, 0.1) is 6.10 Å². The lowest BCUT2D eigenvalue weighted by Gasteiger charge is -2.29. The van der Waals surface area contributed by atoms with Crippen LogP contribution in [0.3, 0.4) is 0 Å². The summed E-state index contributed by atoms with van der Waals surface area (Å²) < 4.78 is 0. The lowest BCUT2D eigenvalue weighted by Crippen LogP contribution is -2.40. The summed E-state index contributed by atoms with van der Waals surface area (Å²) in [5, 5.41) is 14.9. The van der Waals surface area contributed by atoms with Crippen LogP contribution in [0.4, 0.5) is 5.69 Å². The number of likely N-dealkylation sites (tertiary alicyclic amines) is 1. The number of benzene rings is 2. The molecule has 1 fully saturated rings. The first-order valence-corrected chi connectivity index (χ1v) is 12.1. The molecule has 2 amide bonds. The van der Waals surface area contributed by atoms with Crippen LogP contribution >= 0.6 is 0 Å². The van der Waals surface area contributed by atoms with E-state index in [1.165, 1.54) is 0 Å². The van der Waals surface area contributed by atoms with Gasteiger partial charge in [0, 0.05) is 55.8 Å². The SMILES string of the molecule is CN(C)C(=O)c1ccc(C2=CC=CN3NC(Nc4ccc(C(=O)N5CCC(O)CC5)cc4)N=C23)cc1. The first kappa shape index (κ1) is 23.8. The first-order chi connectivity index (χ1) is 17.4. The summed E-state index contributed by atoms with van der Waals surface area (Å²) in [6, 6.07) is 14.9. The van der Waals surface area contributed by atoms with E-state index in [1.54, 1.807) is 23.9 Å². The molecule has 9 heteroatoms. The Labute approximate surface area is 210 Å². The average molecular weight is 487 g/mol. The topological polar surface area (TPSA) is 101 Å². The van der Waals surface area contributed by atoms with Gasteiger partial charge in [-0.1, -0.05) is 12.1 Å². The van der Waals surface area contributed by atoms with Crippen LogP contribution in [0.1, 0.15) is 39.1 Å². The van der Waals surface area contributed by atoms with Crippen molar-refractivity contribution in [3.8, 4) is 0 Å². The highest BCUT2D eigenvalue weighted by Crippen LogP contribution is 2.26. The molecule has 3 N–H and O–H groups in total. The number of allylic oxidation sites excluding steroid dienone is 2. The Balaban J connectivity index is 1.25. The van der Waals surface area contributed by atoms with E-state index in [4.69, 9.17) is 4.99 Å². The van der Waals surface area contributed by atoms with Crippen LogP contribution < -0.4 is 10.7 Å². The first-order valence-electron chi connectivity index (χ1n) is 12.1. The molecule has 0 radical (unpaired) electrons. The van der Waals surface area contributed by atoms with E-state index in [1.807, 2.05) is 71.9 Å². The smallest absolute Gasteiger partial charge is 0.253 e. The Morgan fingerprint density at radius 3 is 2.36 bits per heavy atom. The standard InChI is InChI=1S/C27H30N6O3/c1-31(2)25(35)19-7-5-18(6-8-19)23-4-3-15-33-24(23)29-27(30-33)28-21-11-9-20(10-12-21)26(36)32-16-13-22(34)14-17-32/h3-12,15,22,27-28,30,34H,13-14,16-17H2,1-2H3. The number of carbonyl (C=O) groups is 2. The van der Waals surface area contributed by atoms with E-state index in [9.17, 15) is 14.7 Å². The summed E-state index contributed by atoms with van der Waals surface area (Å²) in [6.07, 6.45) is 6.41. The molecule has 0 spiro atoms. The van der Waals surface area contributed by atoms with Crippen LogP contribution in [-0.4, -0.2) is 77.1 Å². The van der Waals surface area contributed by atoms with Gasteiger partial charge in [-0.05, 0) is 67.0 Å². The molecule has 3 heterocycles. The Morgan fingerprint density at radius 1 is 1.03 bits per heavy atom. The van der Waals surface area contributed by atoms with Gasteiger partial charge in [-0.15, -0.1) is 0 Å².